The Morgan fingerprint density at radius 1 is 1.21 bits per heavy atom. The number of hydrogen-bond acceptors (Lipinski definition) is 2. The number of alkyl halides is 2. The highest BCUT2D eigenvalue weighted by molar-refractivity contribution is 6.59. The van der Waals surface area contributed by atoms with E-state index in [4.69, 9.17) is 34.8 Å². The summed E-state index contributed by atoms with van der Waals surface area (Å²) < 4.78 is 0. The van der Waals surface area contributed by atoms with Crippen LogP contribution < -0.4 is 0 Å². The van der Waals surface area contributed by atoms with Crippen LogP contribution in [0, 0.1) is 12.8 Å². The highest BCUT2D eigenvalue weighted by Gasteiger charge is 2.53. The van der Waals surface area contributed by atoms with Crippen LogP contribution in [-0.2, 0) is 4.79 Å². The summed E-state index contributed by atoms with van der Waals surface area (Å²) >= 11 is 19.1. The van der Waals surface area contributed by atoms with Gasteiger partial charge in [0.15, 0.2) is 5.78 Å². The number of rotatable bonds is 2. The number of aliphatic imine (C=N–C) groups is 1. The molecule has 2 rings (SSSR count). The number of nitrogens with zero attached hydrogens (tertiary/aromatic N) is 1. The summed E-state index contributed by atoms with van der Waals surface area (Å²) in [7, 11) is 0. The topological polar surface area (TPSA) is 46.5 Å². The average Bonchev–Trinajstić information content (AvgIpc) is 2.55. The smallest absolute Gasteiger partial charge is 0.277 e. The first-order chi connectivity index (χ1) is 11.1. The molecule has 1 amide bonds. The van der Waals surface area contributed by atoms with E-state index in [2.05, 4.69) is 4.99 Å². The quantitative estimate of drug-likeness (QED) is 0.678. The zero-order valence-corrected chi connectivity index (χ0v) is 16.1. The lowest BCUT2D eigenvalue weighted by Gasteiger charge is -2.38. The predicted octanol–water partition coefficient (Wildman–Crippen LogP) is 4.91. The van der Waals surface area contributed by atoms with Crippen LogP contribution in [0.3, 0.4) is 0 Å². The van der Waals surface area contributed by atoms with E-state index in [1.54, 1.807) is 32.9 Å². The molecular formula is C18H18Cl3NO2. The van der Waals surface area contributed by atoms with Crippen LogP contribution in [0.5, 0.6) is 0 Å². The summed E-state index contributed by atoms with van der Waals surface area (Å²) in [6.07, 6.45) is 0. The second-order valence-electron chi connectivity index (χ2n) is 6.22. The molecule has 0 fully saturated rings. The van der Waals surface area contributed by atoms with Gasteiger partial charge in [0, 0.05) is 5.56 Å². The number of hydrogen-bond donors (Lipinski definition) is 0. The zero-order chi connectivity index (χ0) is 18.2. The summed E-state index contributed by atoms with van der Waals surface area (Å²) in [5.41, 5.74) is 2.11. The molecule has 0 heterocycles. The minimum atomic E-state index is -1.43. The van der Waals surface area contributed by atoms with E-state index in [0.717, 1.165) is 5.56 Å². The molecule has 0 bridgehead atoms. The Morgan fingerprint density at radius 3 is 2.25 bits per heavy atom. The normalized spacial score (nSPS) is 26.4. The van der Waals surface area contributed by atoms with Crippen LogP contribution in [0.15, 0.2) is 39.9 Å². The van der Waals surface area contributed by atoms with Crippen molar-refractivity contribution in [3.05, 3.63) is 46.0 Å². The van der Waals surface area contributed by atoms with Gasteiger partial charge in [0.05, 0.1) is 10.7 Å². The van der Waals surface area contributed by atoms with Crippen LogP contribution in [0.2, 0.25) is 0 Å². The van der Waals surface area contributed by atoms with Crippen molar-refractivity contribution >= 4 is 52.2 Å². The SMILES string of the molecule is CC1=C(Cl)C(=O)C(Cl)(C(C)C)C(Cl)C1=NC(=O)c1ccc(C)cc1. The lowest BCUT2D eigenvalue weighted by molar-refractivity contribution is -0.118. The number of allylic oxidation sites excluding steroid dienone is 2. The third-order valence-electron chi connectivity index (χ3n) is 4.23. The molecule has 2 atom stereocenters. The van der Waals surface area contributed by atoms with Crippen molar-refractivity contribution in [1.82, 2.24) is 0 Å². The van der Waals surface area contributed by atoms with Crippen LogP contribution >= 0.6 is 34.8 Å². The van der Waals surface area contributed by atoms with Gasteiger partial charge in [0.2, 0.25) is 0 Å². The fraction of sp³-hybridized carbons (Fsp3) is 0.389. The van der Waals surface area contributed by atoms with Gasteiger partial charge in [0.1, 0.15) is 10.3 Å². The third-order valence-corrected chi connectivity index (χ3v) is 6.17. The highest BCUT2D eigenvalue weighted by Crippen LogP contribution is 2.43. The van der Waals surface area contributed by atoms with Gasteiger partial charge in [-0.25, -0.2) is 4.99 Å². The van der Waals surface area contributed by atoms with Gasteiger partial charge >= 0.3 is 0 Å². The van der Waals surface area contributed by atoms with Crippen molar-refractivity contribution in [3.8, 4) is 0 Å². The van der Waals surface area contributed by atoms with Gasteiger partial charge in [-0.3, -0.25) is 9.59 Å². The second kappa shape index (κ2) is 6.99. The van der Waals surface area contributed by atoms with Crippen LogP contribution in [-0.4, -0.2) is 27.7 Å². The third kappa shape index (κ3) is 3.17. The standard InChI is InChI=1S/C18H18Cl3NO2/c1-9(2)18(21)15(20)14(11(4)13(19)16(18)23)22-17(24)12-7-5-10(3)6-8-12/h5-9,15H,1-4H3. The van der Waals surface area contributed by atoms with Crippen LogP contribution in [0.25, 0.3) is 0 Å². The molecule has 0 N–H and O–H groups in total. The van der Waals surface area contributed by atoms with E-state index in [0.29, 0.717) is 11.1 Å². The molecule has 0 saturated heterocycles. The van der Waals surface area contributed by atoms with Crippen molar-refractivity contribution in [2.45, 2.75) is 37.9 Å². The minimum absolute atomic E-state index is 0.0222. The highest BCUT2D eigenvalue weighted by atomic mass is 35.5. The van der Waals surface area contributed by atoms with Crippen molar-refractivity contribution in [1.29, 1.82) is 0 Å². The number of benzene rings is 1. The number of halogens is 3. The Bertz CT molecular complexity index is 750. The molecule has 2 unspecified atom stereocenters. The van der Waals surface area contributed by atoms with Crippen LogP contribution in [0.4, 0.5) is 0 Å². The first kappa shape index (κ1) is 19.2. The summed E-state index contributed by atoms with van der Waals surface area (Å²) in [6, 6.07) is 7.03. The Balaban J connectivity index is 2.53. The molecule has 1 aliphatic rings. The average molecular weight is 387 g/mol. The number of carbonyl (C=O) groups excluding carboxylic acids is 2. The zero-order valence-electron chi connectivity index (χ0n) is 13.9. The van der Waals surface area contributed by atoms with Crippen LogP contribution in [0.1, 0.15) is 36.7 Å². The molecule has 6 heteroatoms. The number of aryl methyl sites for hydroxylation is 1. The van der Waals surface area contributed by atoms with Gasteiger partial charge < -0.3 is 0 Å². The van der Waals surface area contributed by atoms with E-state index in [9.17, 15) is 9.59 Å². The fourth-order valence-corrected chi connectivity index (χ4v) is 3.58. The molecule has 1 aromatic rings. The first-order valence-electron chi connectivity index (χ1n) is 7.54. The molecule has 0 aliphatic heterocycles. The fourth-order valence-electron chi connectivity index (χ4n) is 2.52. The number of ketones is 1. The second-order valence-corrected chi connectivity index (χ2v) is 7.66. The Kier molecular flexibility index (Phi) is 5.58. The lowest BCUT2D eigenvalue weighted by Crippen LogP contribution is -2.53. The van der Waals surface area contributed by atoms with E-state index in [-0.39, 0.29) is 16.7 Å². The molecule has 0 radical (unpaired) electrons. The predicted molar refractivity (Wildman–Crippen MR) is 99.6 cm³/mol. The summed E-state index contributed by atoms with van der Waals surface area (Å²) in [4.78, 5) is 27.6. The van der Waals surface area contributed by atoms with Crippen molar-refractivity contribution < 1.29 is 9.59 Å². The van der Waals surface area contributed by atoms with Crippen molar-refractivity contribution in [2.24, 2.45) is 10.9 Å². The molecule has 0 spiro atoms. The van der Waals surface area contributed by atoms with Gasteiger partial charge in [-0.1, -0.05) is 43.1 Å². The Hall–Kier alpha value is -1.16. The van der Waals surface area contributed by atoms with E-state index in [1.807, 2.05) is 19.1 Å². The maximum absolute atomic E-state index is 12.5. The molecule has 128 valence electrons. The largest absolute Gasteiger partial charge is 0.291 e. The molecule has 1 aliphatic carbocycles. The van der Waals surface area contributed by atoms with Crippen molar-refractivity contribution in [2.75, 3.05) is 0 Å². The summed E-state index contributed by atoms with van der Waals surface area (Å²) in [5.74, 6) is -1.16. The van der Waals surface area contributed by atoms with E-state index in [1.165, 1.54) is 0 Å². The maximum Gasteiger partial charge on any atom is 0.277 e. The molecular weight excluding hydrogens is 369 g/mol. The Morgan fingerprint density at radius 2 is 1.75 bits per heavy atom. The number of amides is 1. The lowest BCUT2D eigenvalue weighted by atomic mass is 9.79. The summed E-state index contributed by atoms with van der Waals surface area (Å²) in [6.45, 7) is 7.11. The van der Waals surface area contributed by atoms with E-state index < -0.39 is 21.9 Å². The molecule has 0 saturated carbocycles. The summed E-state index contributed by atoms with van der Waals surface area (Å²) in [5, 5.41) is -0.963. The van der Waals surface area contributed by atoms with Crippen molar-refractivity contribution in [3.63, 3.8) is 0 Å². The monoisotopic (exact) mass is 385 g/mol. The van der Waals surface area contributed by atoms with Gasteiger partial charge in [0.25, 0.3) is 5.91 Å². The van der Waals surface area contributed by atoms with Gasteiger partial charge in [-0.2, -0.15) is 0 Å². The molecule has 1 aromatic carbocycles. The number of Topliss-reactive ketones (excluding diaryl/α,β-unsaturated/α-hetero) is 1. The van der Waals surface area contributed by atoms with Gasteiger partial charge in [-0.05, 0) is 37.5 Å². The molecule has 0 aromatic heterocycles. The minimum Gasteiger partial charge on any atom is -0.291 e. The molecule has 3 nitrogen and oxygen atoms in total. The molecule has 24 heavy (non-hydrogen) atoms. The maximum atomic E-state index is 12.5. The van der Waals surface area contributed by atoms with Gasteiger partial charge in [-0.15, -0.1) is 23.2 Å². The van der Waals surface area contributed by atoms with E-state index >= 15 is 0 Å². The first-order valence-corrected chi connectivity index (χ1v) is 8.74. The number of carbonyl (C=O) groups is 2. The Labute approximate surface area is 156 Å².